The Bertz CT molecular complexity index is 668. The lowest BCUT2D eigenvalue weighted by Crippen LogP contribution is -2.21. The molecule has 0 bridgehead atoms. The number of aryl methyl sites for hydroxylation is 1. The van der Waals surface area contributed by atoms with E-state index in [0.717, 1.165) is 54.8 Å². The molecule has 22 heavy (non-hydrogen) atoms. The van der Waals surface area contributed by atoms with Crippen LogP contribution in [0.5, 0.6) is 11.5 Å². The van der Waals surface area contributed by atoms with Crippen LogP contribution in [-0.2, 0) is 26.1 Å². The molecule has 3 heterocycles. The number of nitrogens with one attached hydrogen (secondary N) is 1. The Morgan fingerprint density at radius 2 is 2.05 bits per heavy atom. The second kappa shape index (κ2) is 5.96. The highest BCUT2D eigenvalue weighted by Gasteiger charge is 2.17. The molecule has 2 aliphatic heterocycles. The molecule has 116 valence electrons. The highest BCUT2D eigenvalue weighted by Crippen LogP contribution is 2.33. The van der Waals surface area contributed by atoms with Crippen LogP contribution in [0.4, 0.5) is 0 Å². The summed E-state index contributed by atoms with van der Waals surface area (Å²) in [7, 11) is 0. The summed E-state index contributed by atoms with van der Waals surface area (Å²) in [5.41, 5.74) is 1.12. The van der Waals surface area contributed by atoms with Crippen LogP contribution in [0.25, 0.3) is 0 Å². The van der Waals surface area contributed by atoms with Crippen LogP contribution in [-0.4, -0.2) is 28.0 Å². The monoisotopic (exact) mass is 300 g/mol. The summed E-state index contributed by atoms with van der Waals surface area (Å²) < 4.78 is 13.6. The molecule has 1 N–H and O–H groups in total. The van der Waals surface area contributed by atoms with Gasteiger partial charge in [-0.2, -0.15) is 0 Å². The predicted octanol–water partition coefficient (Wildman–Crippen LogP) is 1.68. The third-order valence-electron chi connectivity index (χ3n) is 4.18. The molecule has 0 fully saturated rings. The molecule has 6 nitrogen and oxygen atoms in total. The number of para-hydroxylation sites is 1. The van der Waals surface area contributed by atoms with Gasteiger partial charge in [0.1, 0.15) is 24.9 Å². The van der Waals surface area contributed by atoms with Crippen LogP contribution in [0, 0.1) is 0 Å². The number of hydrogen-bond acceptors (Lipinski definition) is 5. The average Bonchev–Trinajstić information content (AvgIpc) is 2.99. The maximum absolute atomic E-state index is 5.73. The lowest BCUT2D eigenvalue weighted by Gasteiger charge is -2.21. The second-order valence-electron chi connectivity index (χ2n) is 5.69. The molecule has 1 aromatic carbocycles. The number of rotatable bonds is 4. The first-order valence-electron chi connectivity index (χ1n) is 7.91. The van der Waals surface area contributed by atoms with Crippen molar-refractivity contribution in [3.8, 4) is 11.5 Å². The van der Waals surface area contributed by atoms with Gasteiger partial charge in [-0.25, -0.2) is 0 Å². The molecule has 1 aromatic heterocycles. The third-order valence-corrected chi connectivity index (χ3v) is 4.18. The van der Waals surface area contributed by atoms with Crippen molar-refractivity contribution in [1.29, 1.82) is 0 Å². The van der Waals surface area contributed by atoms with E-state index in [4.69, 9.17) is 9.47 Å². The van der Waals surface area contributed by atoms with E-state index in [9.17, 15) is 0 Å². The molecule has 0 spiro atoms. The summed E-state index contributed by atoms with van der Waals surface area (Å²) in [6, 6.07) is 6.02. The van der Waals surface area contributed by atoms with E-state index < -0.39 is 0 Å². The molecular weight excluding hydrogens is 280 g/mol. The molecular formula is C16H20N4O2. The fourth-order valence-corrected chi connectivity index (χ4v) is 3.08. The highest BCUT2D eigenvalue weighted by atomic mass is 16.6. The Morgan fingerprint density at radius 1 is 1.09 bits per heavy atom. The first kappa shape index (κ1) is 13.6. The van der Waals surface area contributed by atoms with Gasteiger partial charge in [0.2, 0.25) is 0 Å². The summed E-state index contributed by atoms with van der Waals surface area (Å²) in [4.78, 5) is 0. The summed E-state index contributed by atoms with van der Waals surface area (Å²) in [5.74, 6) is 3.85. The van der Waals surface area contributed by atoms with Crippen molar-refractivity contribution in [2.75, 3.05) is 13.2 Å². The van der Waals surface area contributed by atoms with Crippen LogP contribution in [0.15, 0.2) is 18.2 Å². The van der Waals surface area contributed by atoms with Gasteiger partial charge in [-0.05, 0) is 18.9 Å². The van der Waals surface area contributed by atoms with E-state index in [2.05, 4.69) is 26.1 Å². The van der Waals surface area contributed by atoms with Crippen molar-refractivity contribution in [2.45, 2.75) is 38.9 Å². The molecule has 0 aliphatic carbocycles. The normalized spacial score (nSPS) is 16.4. The van der Waals surface area contributed by atoms with Gasteiger partial charge in [0.05, 0.1) is 6.54 Å². The van der Waals surface area contributed by atoms with Crippen molar-refractivity contribution < 1.29 is 9.47 Å². The molecule has 0 atom stereocenters. The van der Waals surface area contributed by atoms with Crippen molar-refractivity contribution in [3.05, 3.63) is 35.4 Å². The van der Waals surface area contributed by atoms with Crippen LogP contribution < -0.4 is 14.8 Å². The molecule has 0 saturated heterocycles. The van der Waals surface area contributed by atoms with Crippen molar-refractivity contribution in [2.24, 2.45) is 0 Å². The quantitative estimate of drug-likeness (QED) is 0.931. The van der Waals surface area contributed by atoms with Crippen molar-refractivity contribution in [3.63, 3.8) is 0 Å². The van der Waals surface area contributed by atoms with Gasteiger partial charge in [-0.1, -0.05) is 12.1 Å². The maximum Gasteiger partial charge on any atom is 0.165 e. The largest absolute Gasteiger partial charge is 0.486 e. The summed E-state index contributed by atoms with van der Waals surface area (Å²) >= 11 is 0. The fourth-order valence-electron chi connectivity index (χ4n) is 3.08. The number of fused-ring (bicyclic) bond motifs is 2. The van der Waals surface area contributed by atoms with Gasteiger partial charge in [-0.15, -0.1) is 10.2 Å². The maximum atomic E-state index is 5.73. The Balaban J connectivity index is 1.42. The van der Waals surface area contributed by atoms with E-state index >= 15 is 0 Å². The number of nitrogens with zero attached hydrogens (tertiary/aromatic N) is 3. The minimum absolute atomic E-state index is 0.613. The van der Waals surface area contributed by atoms with E-state index in [1.807, 2.05) is 12.1 Å². The molecule has 4 rings (SSSR count). The van der Waals surface area contributed by atoms with Crippen molar-refractivity contribution >= 4 is 0 Å². The molecule has 2 aliphatic rings. The molecule has 2 aromatic rings. The Hall–Kier alpha value is -2.08. The standard InChI is InChI=1S/C16H20N4O2/c1-2-7-20-14(6-1)18-19-15(20)11-17-10-12-4-3-5-13-16(12)22-9-8-21-13/h3-5,17H,1-2,6-11H2. The van der Waals surface area contributed by atoms with E-state index in [0.29, 0.717) is 13.2 Å². The van der Waals surface area contributed by atoms with Crippen LogP contribution in [0.3, 0.4) is 0 Å². The smallest absolute Gasteiger partial charge is 0.165 e. The van der Waals surface area contributed by atoms with Crippen LogP contribution in [0.1, 0.15) is 30.1 Å². The number of hydrogen-bond donors (Lipinski definition) is 1. The van der Waals surface area contributed by atoms with Gasteiger partial charge >= 0.3 is 0 Å². The fraction of sp³-hybridized carbons (Fsp3) is 0.500. The zero-order chi connectivity index (χ0) is 14.8. The van der Waals surface area contributed by atoms with Gasteiger partial charge in [0.25, 0.3) is 0 Å². The molecule has 0 unspecified atom stereocenters. The number of benzene rings is 1. The predicted molar refractivity (Wildman–Crippen MR) is 80.9 cm³/mol. The minimum Gasteiger partial charge on any atom is -0.486 e. The lowest BCUT2D eigenvalue weighted by atomic mass is 10.1. The molecule has 0 saturated carbocycles. The zero-order valence-electron chi connectivity index (χ0n) is 12.5. The van der Waals surface area contributed by atoms with Crippen LogP contribution in [0.2, 0.25) is 0 Å². The zero-order valence-corrected chi connectivity index (χ0v) is 12.5. The molecule has 0 radical (unpaired) electrons. The molecule has 0 amide bonds. The summed E-state index contributed by atoms with van der Waals surface area (Å²) in [5, 5.41) is 12.0. The number of ether oxygens (including phenoxy) is 2. The average molecular weight is 300 g/mol. The summed E-state index contributed by atoms with van der Waals surface area (Å²) in [6.45, 7) is 3.72. The first-order chi connectivity index (χ1) is 10.9. The first-order valence-corrected chi connectivity index (χ1v) is 7.91. The SMILES string of the molecule is c1cc(CNCc2nnc3n2CCCC3)c2c(c1)OCCO2. The third kappa shape index (κ3) is 2.54. The number of aromatic nitrogens is 3. The topological polar surface area (TPSA) is 61.2 Å². The van der Waals surface area contributed by atoms with Gasteiger partial charge in [0.15, 0.2) is 11.5 Å². The van der Waals surface area contributed by atoms with E-state index in [1.54, 1.807) is 0 Å². The lowest BCUT2D eigenvalue weighted by molar-refractivity contribution is 0.169. The Morgan fingerprint density at radius 3 is 3.05 bits per heavy atom. The molecule has 6 heteroatoms. The van der Waals surface area contributed by atoms with Gasteiger partial charge in [0, 0.05) is 25.1 Å². The van der Waals surface area contributed by atoms with Crippen molar-refractivity contribution in [1.82, 2.24) is 20.1 Å². The summed E-state index contributed by atoms with van der Waals surface area (Å²) in [6.07, 6.45) is 3.48. The minimum atomic E-state index is 0.613. The van der Waals surface area contributed by atoms with Gasteiger partial charge < -0.3 is 19.4 Å². The van der Waals surface area contributed by atoms with E-state index in [-0.39, 0.29) is 0 Å². The second-order valence-corrected chi connectivity index (χ2v) is 5.69. The highest BCUT2D eigenvalue weighted by molar-refractivity contribution is 5.47. The van der Waals surface area contributed by atoms with E-state index in [1.165, 1.54) is 12.8 Å². The van der Waals surface area contributed by atoms with Gasteiger partial charge in [-0.3, -0.25) is 0 Å². The Kier molecular flexibility index (Phi) is 3.68. The Labute approximate surface area is 129 Å². The van der Waals surface area contributed by atoms with Crippen LogP contribution >= 0.6 is 0 Å².